The van der Waals surface area contributed by atoms with Gasteiger partial charge >= 0.3 is 0 Å². The van der Waals surface area contributed by atoms with Crippen LogP contribution < -0.4 is 10.6 Å². The Bertz CT molecular complexity index is 879. The van der Waals surface area contributed by atoms with Crippen LogP contribution in [0.15, 0.2) is 35.7 Å². The molecule has 0 spiro atoms. The second-order valence-electron chi connectivity index (χ2n) is 7.11. The minimum atomic E-state index is -0.0798. The minimum Gasteiger partial charge on any atom is -0.325 e. The number of nitrogens with zero attached hydrogens (tertiary/aromatic N) is 3. The third-order valence-corrected chi connectivity index (χ3v) is 5.69. The van der Waals surface area contributed by atoms with Gasteiger partial charge in [-0.05, 0) is 30.5 Å². The van der Waals surface area contributed by atoms with Crippen molar-refractivity contribution in [1.29, 1.82) is 5.26 Å². The first-order chi connectivity index (χ1) is 14.0. The van der Waals surface area contributed by atoms with Crippen LogP contribution in [0.25, 0.3) is 0 Å². The molecule has 2 N–H and O–H groups in total. The Hall–Kier alpha value is -2.73. The van der Waals surface area contributed by atoms with Gasteiger partial charge in [0, 0.05) is 44.8 Å². The molecule has 1 saturated heterocycles. The van der Waals surface area contributed by atoms with Crippen molar-refractivity contribution in [2.75, 3.05) is 49.9 Å². The lowest BCUT2D eigenvalue weighted by Gasteiger charge is -2.34. The van der Waals surface area contributed by atoms with E-state index in [9.17, 15) is 9.59 Å². The van der Waals surface area contributed by atoms with Crippen molar-refractivity contribution in [3.8, 4) is 6.07 Å². The maximum atomic E-state index is 12.2. The lowest BCUT2D eigenvalue weighted by atomic mass is 10.2. The van der Waals surface area contributed by atoms with Gasteiger partial charge in [0.25, 0.3) is 0 Å². The van der Waals surface area contributed by atoms with Crippen molar-refractivity contribution in [2.45, 2.75) is 13.3 Å². The molecule has 1 aromatic heterocycles. The van der Waals surface area contributed by atoms with Gasteiger partial charge in [-0.15, -0.1) is 11.3 Å². The summed E-state index contributed by atoms with van der Waals surface area (Å²) in [7, 11) is 0. The molecule has 2 aromatic rings. The van der Waals surface area contributed by atoms with Crippen molar-refractivity contribution in [3.05, 3.63) is 46.8 Å². The van der Waals surface area contributed by atoms with Gasteiger partial charge in [-0.2, -0.15) is 5.26 Å². The van der Waals surface area contributed by atoms with Gasteiger partial charge in [0.05, 0.1) is 12.1 Å². The van der Waals surface area contributed by atoms with Gasteiger partial charge in [-0.3, -0.25) is 14.5 Å². The fourth-order valence-electron chi connectivity index (χ4n) is 3.15. The Kier molecular flexibility index (Phi) is 7.36. The minimum absolute atomic E-state index is 0.00840. The largest absolute Gasteiger partial charge is 0.325 e. The van der Waals surface area contributed by atoms with Crippen LogP contribution in [-0.2, 0) is 9.59 Å². The van der Waals surface area contributed by atoms with E-state index < -0.39 is 0 Å². The van der Waals surface area contributed by atoms with Gasteiger partial charge in [-0.1, -0.05) is 17.7 Å². The zero-order chi connectivity index (χ0) is 20.6. The van der Waals surface area contributed by atoms with Gasteiger partial charge in [0.2, 0.25) is 11.8 Å². The van der Waals surface area contributed by atoms with E-state index in [0.29, 0.717) is 30.1 Å². The van der Waals surface area contributed by atoms with Crippen LogP contribution in [0.5, 0.6) is 0 Å². The van der Waals surface area contributed by atoms with E-state index in [1.807, 2.05) is 31.2 Å². The van der Waals surface area contributed by atoms with E-state index in [0.717, 1.165) is 37.4 Å². The Morgan fingerprint density at radius 2 is 1.72 bits per heavy atom. The van der Waals surface area contributed by atoms with Crippen molar-refractivity contribution in [1.82, 2.24) is 9.80 Å². The number of aryl methyl sites for hydroxylation is 1. The number of piperazine rings is 1. The van der Waals surface area contributed by atoms with E-state index in [1.165, 1.54) is 11.3 Å². The molecule has 1 fully saturated rings. The number of anilines is 2. The molecular formula is C21H25N5O2S. The number of rotatable bonds is 7. The van der Waals surface area contributed by atoms with Gasteiger partial charge < -0.3 is 15.5 Å². The molecule has 8 heteroatoms. The standard InChI is InChI=1S/C21H25N5O2S/c1-16-2-4-18(5-3-16)23-20(28)15-26-11-9-25(10-12-26)8-6-19(27)24-21-17(14-22)7-13-29-21/h2-5,7,13H,6,8-12,15H2,1H3,(H,23,28)(H,24,27). The molecule has 0 aliphatic carbocycles. The average Bonchev–Trinajstić information content (AvgIpc) is 3.16. The number of thiophene rings is 1. The quantitative estimate of drug-likeness (QED) is 0.731. The Balaban J connectivity index is 1.34. The summed E-state index contributed by atoms with van der Waals surface area (Å²) in [4.78, 5) is 28.7. The molecule has 1 aliphatic heterocycles. The Morgan fingerprint density at radius 3 is 2.41 bits per heavy atom. The first kappa shape index (κ1) is 21.0. The van der Waals surface area contributed by atoms with Crippen LogP contribution in [0.3, 0.4) is 0 Å². The molecule has 0 radical (unpaired) electrons. The highest BCUT2D eigenvalue weighted by atomic mass is 32.1. The maximum absolute atomic E-state index is 12.2. The monoisotopic (exact) mass is 411 g/mol. The predicted molar refractivity (Wildman–Crippen MR) is 115 cm³/mol. The number of hydrogen-bond acceptors (Lipinski definition) is 6. The molecule has 29 heavy (non-hydrogen) atoms. The van der Waals surface area contributed by atoms with Crippen molar-refractivity contribution in [2.24, 2.45) is 0 Å². The van der Waals surface area contributed by atoms with Crippen molar-refractivity contribution in [3.63, 3.8) is 0 Å². The molecule has 152 valence electrons. The maximum Gasteiger partial charge on any atom is 0.238 e. The highest BCUT2D eigenvalue weighted by molar-refractivity contribution is 7.14. The molecule has 2 heterocycles. The Morgan fingerprint density at radius 1 is 1.03 bits per heavy atom. The van der Waals surface area contributed by atoms with Gasteiger partial charge in [0.1, 0.15) is 11.1 Å². The summed E-state index contributed by atoms with van der Waals surface area (Å²) in [5, 5.41) is 17.1. The van der Waals surface area contributed by atoms with Crippen LogP contribution in [0.2, 0.25) is 0 Å². The summed E-state index contributed by atoms with van der Waals surface area (Å²) in [6.45, 7) is 6.31. The summed E-state index contributed by atoms with van der Waals surface area (Å²) in [6.07, 6.45) is 0.386. The number of benzene rings is 1. The summed E-state index contributed by atoms with van der Waals surface area (Å²) in [5.41, 5.74) is 2.48. The fourth-order valence-corrected chi connectivity index (χ4v) is 3.91. The van der Waals surface area contributed by atoms with E-state index in [4.69, 9.17) is 5.26 Å². The SMILES string of the molecule is Cc1ccc(NC(=O)CN2CCN(CCC(=O)Nc3sccc3C#N)CC2)cc1. The summed E-state index contributed by atoms with van der Waals surface area (Å²) in [5.74, 6) is -0.0882. The van der Waals surface area contributed by atoms with Crippen LogP contribution >= 0.6 is 11.3 Å². The topological polar surface area (TPSA) is 88.5 Å². The van der Waals surface area contributed by atoms with Crippen LogP contribution in [-0.4, -0.2) is 60.9 Å². The molecule has 3 rings (SSSR count). The molecule has 0 saturated carbocycles. The normalized spacial score (nSPS) is 14.9. The molecule has 2 amide bonds. The second-order valence-corrected chi connectivity index (χ2v) is 8.02. The summed E-state index contributed by atoms with van der Waals surface area (Å²) >= 11 is 1.36. The molecule has 0 bridgehead atoms. The molecule has 1 aromatic carbocycles. The van der Waals surface area contributed by atoms with Gasteiger partial charge in [0.15, 0.2) is 0 Å². The van der Waals surface area contributed by atoms with Crippen LogP contribution in [0.1, 0.15) is 17.5 Å². The number of nitriles is 1. The lowest BCUT2D eigenvalue weighted by molar-refractivity contribution is -0.117. The average molecular weight is 412 g/mol. The molecule has 1 aliphatic rings. The Labute approximate surface area is 174 Å². The first-order valence-electron chi connectivity index (χ1n) is 9.62. The summed E-state index contributed by atoms with van der Waals surface area (Å²) < 4.78 is 0. The zero-order valence-corrected chi connectivity index (χ0v) is 17.3. The number of nitrogens with one attached hydrogen (secondary N) is 2. The van der Waals surface area contributed by atoms with E-state index in [-0.39, 0.29) is 11.8 Å². The zero-order valence-electron chi connectivity index (χ0n) is 16.5. The highest BCUT2D eigenvalue weighted by Gasteiger charge is 2.19. The third-order valence-electron chi connectivity index (χ3n) is 4.86. The smallest absolute Gasteiger partial charge is 0.238 e. The molecule has 0 unspecified atom stereocenters. The second kappa shape index (κ2) is 10.2. The molecule has 0 atom stereocenters. The number of carbonyl (C=O) groups is 2. The predicted octanol–water partition coefficient (Wildman–Crippen LogP) is 2.51. The fraction of sp³-hybridized carbons (Fsp3) is 0.381. The van der Waals surface area contributed by atoms with Crippen LogP contribution in [0.4, 0.5) is 10.7 Å². The van der Waals surface area contributed by atoms with E-state index in [1.54, 1.807) is 11.4 Å². The number of amides is 2. The third kappa shape index (κ3) is 6.39. The van der Waals surface area contributed by atoms with E-state index >= 15 is 0 Å². The number of hydrogen-bond donors (Lipinski definition) is 2. The lowest BCUT2D eigenvalue weighted by Crippen LogP contribution is -2.49. The highest BCUT2D eigenvalue weighted by Crippen LogP contribution is 2.22. The van der Waals surface area contributed by atoms with Crippen molar-refractivity contribution < 1.29 is 9.59 Å². The number of carbonyl (C=O) groups excluding carboxylic acids is 2. The van der Waals surface area contributed by atoms with Crippen molar-refractivity contribution >= 4 is 33.8 Å². The summed E-state index contributed by atoms with van der Waals surface area (Å²) in [6, 6.07) is 11.5. The van der Waals surface area contributed by atoms with Gasteiger partial charge in [-0.25, -0.2) is 0 Å². The van der Waals surface area contributed by atoms with E-state index in [2.05, 4.69) is 26.5 Å². The van der Waals surface area contributed by atoms with Crippen LogP contribution in [0, 0.1) is 18.3 Å². The first-order valence-corrected chi connectivity index (χ1v) is 10.5. The molecule has 7 nitrogen and oxygen atoms in total. The molecular weight excluding hydrogens is 386 g/mol.